The molecule has 63 heavy (non-hydrogen) atoms. The second kappa shape index (κ2) is 15.2. The summed E-state index contributed by atoms with van der Waals surface area (Å²) in [6.07, 6.45) is 0. The first-order chi connectivity index (χ1) is 31.2. The van der Waals surface area contributed by atoms with E-state index in [4.69, 9.17) is 19.4 Å². The summed E-state index contributed by atoms with van der Waals surface area (Å²) in [6.45, 7) is 0. The molecule has 4 heteroatoms. The fraction of sp³-hybridized carbons (Fsp3) is 0. The van der Waals surface area contributed by atoms with E-state index < -0.39 is 0 Å². The number of hydrogen-bond acceptors (Lipinski definition) is 4. The molecule has 2 heterocycles. The van der Waals surface area contributed by atoms with Gasteiger partial charge in [0.05, 0.1) is 0 Å². The molecule has 294 valence electrons. The largest absolute Gasteiger partial charge is 0.456 e. The smallest absolute Gasteiger partial charge is 0.164 e. The summed E-state index contributed by atoms with van der Waals surface area (Å²) in [5, 5.41) is 6.99. The van der Waals surface area contributed by atoms with E-state index >= 15 is 0 Å². The number of aromatic nitrogens is 3. The Morgan fingerprint density at radius 3 is 1.41 bits per heavy atom. The van der Waals surface area contributed by atoms with Crippen LogP contribution in [0.4, 0.5) is 0 Å². The second-order valence-corrected chi connectivity index (χ2v) is 15.9. The Kier molecular flexibility index (Phi) is 8.79. The summed E-state index contributed by atoms with van der Waals surface area (Å²) < 4.78 is 6.44. The van der Waals surface area contributed by atoms with Gasteiger partial charge >= 0.3 is 0 Å². The molecule has 0 saturated carbocycles. The zero-order chi connectivity index (χ0) is 41.7. The highest BCUT2D eigenvalue weighted by molar-refractivity contribution is 6.14. The van der Waals surface area contributed by atoms with E-state index in [2.05, 4.69) is 200 Å². The van der Waals surface area contributed by atoms with Crippen molar-refractivity contribution < 1.29 is 4.42 Å². The van der Waals surface area contributed by atoms with Gasteiger partial charge in [0, 0.05) is 27.5 Å². The van der Waals surface area contributed by atoms with Crippen molar-refractivity contribution in [1.82, 2.24) is 15.0 Å². The predicted molar refractivity (Wildman–Crippen MR) is 260 cm³/mol. The average Bonchev–Trinajstić information content (AvgIpc) is 3.74. The minimum Gasteiger partial charge on any atom is -0.456 e. The lowest BCUT2D eigenvalue weighted by Crippen LogP contribution is -2.02. The molecule has 0 spiro atoms. The van der Waals surface area contributed by atoms with Gasteiger partial charge in [-0.15, -0.1) is 0 Å². The Bertz CT molecular complexity index is 3580. The van der Waals surface area contributed by atoms with Crippen LogP contribution in [-0.2, 0) is 0 Å². The van der Waals surface area contributed by atoms with Gasteiger partial charge in [-0.05, 0) is 109 Å². The Balaban J connectivity index is 1.14. The number of furan rings is 1. The standard InChI is InChI=1S/C59H37N3O/c1-3-17-38(18-4-1)45-22-9-13-28-52(45)58-60-57(61-59(62-58)53-29-14-10-23-46(53)39-19-5-2-6-20-39)44-34-42(40-31-32-51-50-27-15-16-30-55(50)63-56(51)37-40)33-43(35-44)54-36-41-21-7-8-24-47(41)48-25-11-12-26-49(48)54/h1-37H. The third-order valence-electron chi connectivity index (χ3n) is 12.1. The SMILES string of the molecule is c1ccc(-c2ccccc2-c2nc(-c3cc(-c4ccc5c(c4)oc4ccccc45)cc(-c4cc5ccccc5c5ccccc45)c3)nc(-c3ccccc3-c3ccccc3)n2)cc1. The number of rotatable bonds is 7. The number of hydrogen-bond donors (Lipinski definition) is 0. The van der Waals surface area contributed by atoms with Gasteiger partial charge in [-0.3, -0.25) is 0 Å². The first kappa shape index (κ1) is 36.4. The number of benzene rings is 10. The third kappa shape index (κ3) is 6.53. The van der Waals surface area contributed by atoms with Crippen molar-refractivity contribution in [3.8, 4) is 78.7 Å². The monoisotopic (exact) mass is 803 g/mol. The zero-order valence-electron chi connectivity index (χ0n) is 34.1. The van der Waals surface area contributed by atoms with E-state index in [9.17, 15) is 0 Å². The Morgan fingerprint density at radius 1 is 0.238 bits per heavy atom. The van der Waals surface area contributed by atoms with E-state index in [-0.39, 0.29) is 0 Å². The normalized spacial score (nSPS) is 11.5. The first-order valence-electron chi connectivity index (χ1n) is 21.3. The Labute approximate surface area is 364 Å². The molecule has 12 rings (SSSR count). The van der Waals surface area contributed by atoms with Gasteiger partial charge < -0.3 is 4.42 Å². The van der Waals surface area contributed by atoms with Crippen molar-refractivity contribution in [2.45, 2.75) is 0 Å². The van der Waals surface area contributed by atoms with Gasteiger partial charge in [-0.1, -0.05) is 182 Å². The molecule has 0 saturated heterocycles. The first-order valence-corrected chi connectivity index (χ1v) is 21.3. The molecular weight excluding hydrogens is 767 g/mol. The van der Waals surface area contributed by atoms with E-state index in [1.54, 1.807) is 0 Å². The van der Waals surface area contributed by atoms with E-state index in [0.717, 1.165) is 83.1 Å². The molecule has 0 aliphatic heterocycles. The van der Waals surface area contributed by atoms with Crippen LogP contribution in [0.3, 0.4) is 0 Å². The van der Waals surface area contributed by atoms with Crippen LogP contribution in [0.2, 0.25) is 0 Å². The van der Waals surface area contributed by atoms with E-state index in [1.807, 2.05) is 24.3 Å². The molecule has 0 atom stereocenters. The van der Waals surface area contributed by atoms with Gasteiger partial charge in [0.1, 0.15) is 11.2 Å². The minimum absolute atomic E-state index is 0.582. The highest BCUT2D eigenvalue weighted by atomic mass is 16.3. The fourth-order valence-electron chi connectivity index (χ4n) is 9.12. The molecule has 0 aliphatic rings. The maximum atomic E-state index is 6.44. The lowest BCUT2D eigenvalue weighted by molar-refractivity contribution is 0.669. The summed E-state index contributed by atoms with van der Waals surface area (Å²) in [6, 6.07) is 78.8. The summed E-state index contributed by atoms with van der Waals surface area (Å²) in [4.78, 5) is 16.1. The minimum atomic E-state index is 0.582. The Morgan fingerprint density at radius 2 is 0.730 bits per heavy atom. The lowest BCUT2D eigenvalue weighted by atomic mass is 9.90. The van der Waals surface area contributed by atoms with Crippen LogP contribution < -0.4 is 0 Å². The molecular formula is C59H37N3O. The van der Waals surface area contributed by atoms with Gasteiger partial charge in [0.2, 0.25) is 0 Å². The predicted octanol–water partition coefficient (Wildman–Crippen LogP) is 15.7. The van der Waals surface area contributed by atoms with Crippen molar-refractivity contribution in [2.75, 3.05) is 0 Å². The maximum absolute atomic E-state index is 6.44. The summed E-state index contributed by atoms with van der Waals surface area (Å²) in [7, 11) is 0. The van der Waals surface area contributed by atoms with Gasteiger partial charge in [0.15, 0.2) is 17.5 Å². The van der Waals surface area contributed by atoms with Crippen molar-refractivity contribution in [2.24, 2.45) is 0 Å². The number of nitrogens with zero attached hydrogens (tertiary/aromatic N) is 3. The zero-order valence-corrected chi connectivity index (χ0v) is 34.1. The molecule has 0 bridgehead atoms. The molecule has 0 fully saturated rings. The quantitative estimate of drug-likeness (QED) is 0.151. The van der Waals surface area contributed by atoms with Crippen LogP contribution in [0.15, 0.2) is 229 Å². The summed E-state index contributed by atoms with van der Waals surface area (Å²) in [5.41, 5.74) is 13.0. The highest BCUT2D eigenvalue weighted by Crippen LogP contribution is 2.41. The molecule has 2 aromatic heterocycles. The summed E-state index contributed by atoms with van der Waals surface area (Å²) >= 11 is 0. The molecule has 0 radical (unpaired) electrons. The molecule has 10 aromatic carbocycles. The van der Waals surface area contributed by atoms with Crippen LogP contribution in [0.1, 0.15) is 0 Å². The van der Waals surface area contributed by atoms with Crippen LogP contribution in [-0.4, -0.2) is 15.0 Å². The van der Waals surface area contributed by atoms with Crippen LogP contribution in [0.25, 0.3) is 122 Å². The topological polar surface area (TPSA) is 51.8 Å². The molecule has 0 amide bonds. The number of para-hydroxylation sites is 1. The Hall–Kier alpha value is -8.47. The molecule has 4 nitrogen and oxygen atoms in total. The van der Waals surface area contributed by atoms with Gasteiger partial charge in [-0.25, -0.2) is 15.0 Å². The fourth-order valence-corrected chi connectivity index (χ4v) is 9.12. The van der Waals surface area contributed by atoms with Crippen molar-refractivity contribution >= 4 is 43.5 Å². The molecule has 12 aromatic rings. The van der Waals surface area contributed by atoms with Crippen molar-refractivity contribution in [3.63, 3.8) is 0 Å². The molecule has 0 aliphatic carbocycles. The van der Waals surface area contributed by atoms with Crippen LogP contribution in [0, 0.1) is 0 Å². The summed E-state index contributed by atoms with van der Waals surface area (Å²) in [5.74, 6) is 1.78. The average molecular weight is 804 g/mol. The van der Waals surface area contributed by atoms with E-state index in [0.29, 0.717) is 17.5 Å². The van der Waals surface area contributed by atoms with Crippen molar-refractivity contribution in [1.29, 1.82) is 0 Å². The van der Waals surface area contributed by atoms with Crippen LogP contribution >= 0.6 is 0 Å². The number of fused-ring (bicyclic) bond motifs is 6. The maximum Gasteiger partial charge on any atom is 0.164 e. The van der Waals surface area contributed by atoms with E-state index in [1.165, 1.54) is 21.5 Å². The highest BCUT2D eigenvalue weighted by Gasteiger charge is 2.20. The van der Waals surface area contributed by atoms with Crippen molar-refractivity contribution in [3.05, 3.63) is 224 Å². The van der Waals surface area contributed by atoms with Gasteiger partial charge in [0.25, 0.3) is 0 Å². The third-order valence-corrected chi connectivity index (χ3v) is 12.1. The van der Waals surface area contributed by atoms with Gasteiger partial charge in [-0.2, -0.15) is 0 Å². The lowest BCUT2D eigenvalue weighted by Gasteiger charge is -2.16. The second-order valence-electron chi connectivity index (χ2n) is 15.9. The molecule has 0 N–H and O–H groups in total. The van der Waals surface area contributed by atoms with Crippen LogP contribution in [0.5, 0.6) is 0 Å². The molecule has 0 unspecified atom stereocenters.